The van der Waals surface area contributed by atoms with Crippen LogP contribution in [0.1, 0.15) is 81.8 Å². The van der Waals surface area contributed by atoms with Gasteiger partial charge in [-0.3, -0.25) is 14.5 Å². The number of esters is 1. The van der Waals surface area contributed by atoms with Gasteiger partial charge in [0.1, 0.15) is 36.3 Å². The maximum absolute atomic E-state index is 13.8. The van der Waals surface area contributed by atoms with E-state index in [1.165, 1.54) is 12.0 Å². The van der Waals surface area contributed by atoms with Crippen LogP contribution in [0.5, 0.6) is 5.75 Å². The summed E-state index contributed by atoms with van der Waals surface area (Å²) in [6.45, 7) is 17.1. The van der Waals surface area contributed by atoms with Gasteiger partial charge in [-0.25, -0.2) is 14.4 Å². The van der Waals surface area contributed by atoms with Crippen molar-refractivity contribution in [1.29, 1.82) is 0 Å². The minimum atomic E-state index is -1.11. The van der Waals surface area contributed by atoms with Gasteiger partial charge in [0.15, 0.2) is 5.78 Å². The fourth-order valence-corrected chi connectivity index (χ4v) is 7.63. The zero-order valence-corrected chi connectivity index (χ0v) is 33.9. The molecule has 15 nitrogen and oxygen atoms in total. The van der Waals surface area contributed by atoms with E-state index < -0.39 is 54.2 Å². The van der Waals surface area contributed by atoms with E-state index in [1.807, 2.05) is 6.07 Å². The van der Waals surface area contributed by atoms with Gasteiger partial charge in [0.05, 0.1) is 32.4 Å². The zero-order chi connectivity index (χ0) is 41.6. The number of amides is 3. The number of nitrogens with zero attached hydrogens (tertiary/aromatic N) is 2. The van der Waals surface area contributed by atoms with Gasteiger partial charge >= 0.3 is 18.2 Å². The predicted octanol–water partition coefficient (Wildman–Crippen LogP) is 4.65. The summed E-state index contributed by atoms with van der Waals surface area (Å²) < 4.78 is 39.3. The number of aryl methyl sites for hydroxylation is 1. The number of likely N-dealkylation sites (tertiary alicyclic amines) is 1. The van der Waals surface area contributed by atoms with Crippen molar-refractivity contribution >= 4 is 35.4 Å². The van der Waals surface area contributed by atoms with Crippen molar-refractivity contribution in [2.24, 2.45) is 11.8 Å². The van der Waals surface area contributed by atoms with E-state index in [9.17, 15) is 24.0 Å². The third kappa shape index (κ3) is 10.3. The first-order chi connectivity index (χ1) is 27.0. The SMILES string of the molecule is C=CC(=C)c1cc2c(cc1OC(C)OC(=O)[C@@H]1C[C@H](COC)CN1C(=O)OC(C)(C)C)C(=O)C(OCOC[C@@H]1CC[C@@H]3C#CC(C)[C@H](NC(=O)OC)C(=O)N13)CC2. The number of hydrogen-bond acceptors (Lipinski definition) is 12. The Morgan fingerprint density at radius 1 is 1.09 bits per heavy atom. The molecule has 1 aromatic rings. The molecule has 57 heavy (non-hydrogen) atoms. The fourth-order valence-electron chi connectivity index (χ4n) is 7.63. The molecule has 8 atom stereocenters. The lowest BCUT2D eigenvalue weighted by molar-refractivity contribution is -0.166. The van der Waals surface area contributed by atoms with Crippen molar-refractivity contribution in [2.45, 2.75) is 109 Å². The van der Waals surface area contributed by atoms with E-state index in [4.69, 9.17) is 33.2 Å². The molecule has 3 amide bonds. The first-order valence-corrected chi connectivity index (χ1v) is 19.3. The smallest absolute Gasteiger partial charge is 0.411 e. The van der Waals surface area contributed by atoms with Crippen molar-refractivity contribution in [3.05, 3.63) is 48.1 Å². The minimum Gasteiger partial charge on any atom is -0.454 e. The molecule has 310 valence electrons. The van der Waals surface area contributed by atoms with E-state index in [0.29, 0.717) is 55.4 Å². The second-order valence-electron chi connectivity index (χ2n) is 15.8. The average molecular weight is 794 g/mol. The van der Waals surface area contributed by atoms with Crippen molar-refractivity contribution in [2.75, 3.05) is 40.8 Å². The van der Waals surface area contributed by atoms with Gasteiger partial charge < -0.3 is 43.4 Å². The Morgan fingerprint density at radius 2 is 1.84 bits per heavy atom. The van der Waals surface area contributed by atoms with Gasteiger partial charge in [-0.2, -0.15) is 0 Å². The van der Waals surface area contributed by atoms with E-state index >= 15 is 0 Å². The molecule has 0 radical (unpaired) electrons. The number of ketones is 1. The second kappa shape index (κ2) is 18.6. The zero-order valence-electron chi connectivity index (χ0n) is 33.9. The molecule has 0 aromatic heterocycles. The molecule has 3 heterocycles. The van der Waals surface area contributed by atoms with Crippen LogP contribution in [0.15, 0.2) is 31.4 Å². The summed E-state index contributed by atoms with van der Waals surface area (Å²) in [7, 11) is 2.80. The molecular weight excluding hydrogens is 738 g/mol. The highest BCUT2D eigenvalue weighted by Crippen LogP contribution is 2.35. The predicted molar refractivity (Wildman–Crippen MR) is 207 cm³/mol. The largest absolute Gasteiger partial charge is 0.454 e. The molecule has 0 spiro atoms. The van der Waals surface area contributed by atoms with Gasteiger partial charge in [0.2, 0.25) is 12.2 Å². The normalized spacial score (nSPS) is 25.9. The van der Waals surface area contributed by atoms with Crippen molar-refractivity contribution in [1.82, 2.24) is 15.1 Å². The number of carbonyl (C=O) groups excluding carboxylic acids is 5. The van der Waals surface area contributed by atoms with Gasteiger partial charge in [-0.1, -0.05) is 31.1 Å². The van der Waals surface area contributed by atoms with Crippen LogP contribution in [-0.2, 0) is 44.4 Å². The number of Topliss-reactive ketones (excluding diaryl/α,β-unsaturated/α-hetero) is 1. The Morgan fingerprint density at radius 3 is 2.53 bits per heavy atom. The highest BCUT2D eigenvalue weighted by molar-refractivity contribution is 6.03. The Hall–Kier alpha value is -4.91. The van der Waals surface area contributed by atoms with Crippen molar-refractivity contribution < 1.29 is 57.1 Å². The molecule has 15 heteroatoms. The van der Waals surface area contributed by atoms with Gasteiger partial charge in [0, 0.05) is 43.5 Å². The molecule has 5 rings (SSSR count). The van der Waals surface area contributed by atoms with Crippen LogP contribution in [0.2, 0.25) is 0 Å². The highest BCUT2D eigenvalue weighted by Gasteiger charge is 2.44. The summed E-state index contributed by atoms with van der Waals surface area (Å²) in [5.74, 6) is 4.83. The monoisotopic (exact) mass is 793 g/mol. The first-order valence-electron chi connectivity index (χ1n) is 19.3. The summed E-state index contributed by atoms with van der Waals surface area (Å²) in [6.07, 6.45) is 0.928. The standard InChI is InChI=1S/C42H55N3O12/c1-10-24(2)31-18-28-12-16-34(54-23-53-22-30-15-14-29-13-11-25(3)36(38(47)45(29)30)43-40(49)52-9)37(46)32(28)19-35(31)55-26(4)56-39(48)33-17-27(21-51-8)20-44(33)41(50)57-42(5,6)7/h10,18-19,25-27,29-30,33-34,36H,1-2,12,14-17,20-23H2,3-9H3,(H,43,49)/t25?,26?,27-,29-,30-,33-,34?,36-/m0/s1. The Labute approximate surface area is 334 Å². The molecule has 0 saturated carbocycles. The number of hydrogen-bond donors (Lipinski definition) is 1. The summed E-state index contributed by atoms with van der Waals surface area (Å²) in [5, 5.41) is 2.61. The lowest BCUT2D eigenvalue weighted by Crippen LogP contribution is -2.54. The van der Waals surface area contributed by atoms with Crippen LogP contribution in [-0.4, -0.2) is 123 Å². The molecule has 0 bridgehead atoms. The number of benzene rings is 1. The van der Waals surface area contributed by atoms with Gasteiger partial charge in [0.25, 0.3) is 0 Å². The molecule has 2 saturated heterocycles. The molecule has 3 aliphatic heterocycles. The first kappa shape index (κ1) is 43.2. The lowest BCUT2D eigenvalue weighted by atomic mass is 9.86. The highest BCUT2D eigenvalue weighted by atomic mass is 16.7. The maximum Gasteiger partial charge on any atom is 0.411 e. The Bertz CT molecular complexity index is 1790. The molecule has 4 aliphatic rings. The van der Waals surface area contributed by atoms with Crippen molar-refractivity contribution in [3.63, 3.8) is 0 Å². The number of rotatable bonds is 14. The Balaban J connectivity index is 1.21. The Kier molecular flexibility index (Phi) is 14.1. The summed E-state index contributed by atoms with van der Waals surface area (Å²) in [6, 6.07) is 1.09. The average Bonchev–Trinajstić information content (AvgIpc) is 3.75. The maximum atomic E-state index is 13.8. The van der Waals surface area contributed by atoms with Crippen LogP contribution in [0.4, 0.5) is 9.59 Å². The molecule has 1 aromatic carbocycles. The number of nitrogens with one attached hydrogen (secondary N) is 1. The van der Waals surface area contributed by atoms with Crippen LogP contribution >= 0.6 is 0 Å². The third-order valence-corrected chi connectivity index (χ3v) is 10.4. The van der Waals surface area contributed by atoms with Crippen LogP contribution in [0.3, 0.4) is 0 Å². The molecule has 1 N–H and O–H groups in total. The van der Waals surface area contributed by atoms with Crippen LogP contribution in [0, 0.1) is 23.7 Å². The number of carbonyl (C=O) groups is 5. The summed E-state index contributed by atoms with van der Waals surface area (Å²) >= 11 is 0. The van der Waals surface area contributed by atoms with Gasteiger partial charge in [-0.15, -0.1) is 0 Å². The van der Waals surface area contributed by atoms with E-state index in [0.717, 1.165) is 5.56 Å². The van der Waals surface area contributed by atoms with Crippen LogP contribution in [0.25, 0.3) is 5.57 Å². The number of ether oxygens (including phenoxy) is 7. The van der Waals surface area contributed by atoms with E-state index in [-0.39, 0.29) is 55.4 Å². The van der Waals surface area contributed by atoms with Crippen LogP contribution < -0.4 is 10.1 Å². The molecule has 2 fully saturated rings. The van der Waals surface area contributed by atoms with E-state index in [1.54, 1.807) is 58.8 Å². The third-order valence-electron chi connectivity index (χ3n) is 10.4. The number of alkyl carbamates (subject to hydrolysis) is 1. The molecule has 1 aliphatic carbocycles. The van der Waals surface area contributed by atoms with Gasteiger partial charge in [-0.05, 0) is 83.1 Å². The molecule has 3 unspecified atom stereocenters. The van der Waals surface area contributed by atoms with Crippen molar-refractivity contribution in [3.8, 4) is 17.6 Å². The summed E-state index contributed by atoms with van der Waals surface area (Å²) in [4.78, 5) is 68.9. The number of methoxy groups -OCH3 is 2. The number of fused-ring (bicyclic) bond motifs is 2. The fraction of sp³-hybridized carbons (Fsp3) is 0.595. The van der Waals surface area contributed by atoms with E-state index in [2.05, 4.69) is 30.3 Å². The minimum absolute atomic E-state index is 0.0899. The quantitative estimate of drug-likeness (QED) is 0.0693. The number of allylic oxidation sites excluding steroid dienone is 2. The summed E-state index contributed by atoms with van der Waals surface area (Å²) in [5.41, 5.74) is 1.54. The molecular formula is C42H55N3O12. The topological polar surface area (TPSA) is 168 Å². The second-order valence-corrected chi connectivity index (χ2v) is 15.8. The lowest BCUT2D eigenvalue weighted by Gasteiger charge is -2.31.